The molecule has 0 aliphatic rings. The average molecular weight is 269 g/mol. The Morgan fingerprint density at radius 2 is 2.11 bits per heavy atom. The zero-order valence-corrected chi connectivity index (χ0v) is 10.0. The van der Waals surface area contributed by atoms with Crippen molar-refractivity contribution in [3.05, 3.63) is 12.7 Å². The van der Waals surface area contributed by atoms with Gasteiger partial charge in [0.2, 0.25) is 0 Å². The van der Waals surface area contributed by atoms with E-state index in [0.29, 0.717) is 11.2 Å². The van der Waals surface area contributed by atoms with Crippen LogP contribution in [0.4, 0.5) is 5.82 Å². The molecule has 2 aromatic rings. The minimum absolute atomic E-state index is 0.00195. The van der Waals surface area contributed by atoms with Crippen molar-refractivity contribution >= 4 is 17.0 Å². The number of ether oxygens (including phenoxy) is 1. The van der Waals surface area contributed by atoms with Crippen LogP contribution >= 0.6 is 0 Å². The van der Waals surface area contributed by atoms with E-state index in [0.717, 1.165) is 0 Å². The lowest BCUT2D eigenvalue weighted by atomic mass is 10.3. The molecule has 0 aromatic carbocycles. The van der Waals surface area contributed by atoms with E-state index in [1.165, 1.54) is 17.2 Å². The molecule has 0 radical (unpaired) electrons. The predicted octanol–water partition coefficient (Wildman–Crippen LogP) is -1.73. The third kappa shape index (κ3) is 2.63. The van der Waals surface area contributed by atoms with Crippen LogP contribution in [0.25, 0.3) is 11.2 Å². The molecule has 2 heterocycles. The average Bonchev–Trinajstić information content (AvgIpc) is 2.84. The molecule has 5 N–H and O–H groups in total. The number of nitrogens with zero attached hydrogens (tertiary/aromatic N) is 4. The molecule has 9 nitrogen and oxygen atoms in total. The second-order valence-corrected chi connectivity index (χ2v) is 3.82. The Bertz CT molecular complexity index is 546. The molecule has 19 heavy (non-hydrogen) atoms. The fourth-order valence-electron chi connectivity index (χ4n) is 1.70. The van der Waals surface area contributed by atoms with Crippen molar-refractivity contribution < 1.29 is 20.1 Å². The van der Waals surface area contributed by atoms with E-state index >= 15 is 0 Å². The van der Waals surface area contributed by atoms with E-state index in [9.17, 15) is 5.11 Å². The van der Waals surface area contributed by atoms with Crippen molar-refractivity contribution in [2.45, 2.75) is 12.3 Å². The first-order valence-corrected chi connectivity index (χ1v) is 5.63. The molecule has 2 atom stereocenters. The summed E-state index contributed by atoms with van der Waals surface area (Å²) in [6.07, 6.45) is 0.553. The van der Waals surface area contributed by atoms with Gasteiger partial charge in [-0.2, -0.15) is 0 Å². The fraction of sp³-hybridized carbons (Fsp3) is 0.500. The van der Waals surface area contributed by atoms with Gasteiger partial charge in [-0.25, -0.2) is 15.0 Å². The van der Waals surface area contributed by atoms with E-state index in [-0.39, 0.29) is 19.0 Å². The first kappa shape index (κ1) is 13.6. The number of aromatic nitrogens is 4. The molecule has 0 aliphatic heterocycles. The van der Waals surface area contributed by atoms with Crippen molar-refractivity contribution in [3.63, 3.8) is 0 Å². The zero-order valence-electron chi connectivity index (χ0n) is 10.0. The Morgan fingerprint density at radius 1 is 1.32 bits per heavy atom. The fourth-order valence-corrected chi connectivity index (χ4v) is 1.70. The Labute approximate surface area is 108 Å². The number of nitrogen functional groups attached to an aromatic ring is 1. The van der Waals surface area contributed by atoms with E-state index < -0.39 is 18.9 Å². The number of imidazole rings is 1. The van der Waals surface area contributed by atoms with Gasteiger partial charge >= 0.3 is 0 Å². The summed E-state index contributed by atoms with van der Waals surface area (Å²) in [6.45, 7) is -0.712. The molecule has 0 amide bonds. The Balaban J connectivity index is 2.41. The van der Waals surface area contributed by atoms with E-state index in [1.807, 2.05) is 0 Å². The van der Waals surface area contributed by atoms with Crippen molar-refractivity contribution in [2.24, 2.45) is 0 Å². The highest BCUT2D eigenvalue weighted by molar-refractivity contribution is 5.81. The molecule has 0 aliphatic carbocycles. The van der Waals surface area contributed by atoms with Crippen LogP contribution in [-0.4, -0.2) is 60.8 Å². The van der Waals surface area contributed by atoms with Gasteiger partial charge < -0.3 is 25.8 Å². The van der Waals surface area contributed by atoms with Crippen LogP contribution in [-0.2, 0) is 4.74 Å². The van der Waals surface area contributed by atoms with Crippen LogP contribution in [0.3, 0.4) is 0 Å². The highest BCUT2D eigenvalue weighted by Crippen LogP contribution is 2.21. The predicted molar refractivity (Wildman–Crippen MR) is 64.9 cm³/mol. The molecule has 9 heteroatoms. The maximum Gasteiger partial charge on any atom is 0.167 e. The summed E-state index contributed by atoms with van der Waals surface area (Å²) in [7, 11) is 0. The third-order valence-electron chi connectivity index (χ3n) is 2.56. The monoisotopic (exact) mass is 269 g/mol. The van der Waals surface area contributed by atoms with Gasteiger partial charge in [0.05, 0.1) is 26.1 Å². The molecular formula is C10H15N5O4. The largest absolute Gasteiger partial charge is 0.394 e. The molecule has 2 rings (SSSR count). The number of fused-ring (bicyclic) bond motifs is 1. The van der Waals surface area contributed by atoms with Gasteiger partial charge in [0.1, 0.15) is 17.9 Å². The molecule has 0 saturated heterocycles. The summed E-state index contributed by atoms with van der Waals surface area (Å²) in [5.41, 5.74) is 6.42. The second kappa shape index (κ2) is 5.89. The second-order valence-electron chi connectivity index (χ2n) is 3.82. The minimum Gasteiger partial charge on any atom is -0.394 e. The zero-order chi connectivity index (χ0) is 13.8. The topological polar surface area (TPSA) is 140 Å². The van der Waals surface area contributed by atoms with E-state index in [1.54, 1.807) is 0 Å². The molecule has 2 aromatic heterocycles. The summed E-state index contributed by atoms with van der Waals surface area (Å²) in [5, 5.41) is 27.6. The summed E-state index contributed by atoms with van der Waals surface area (Å²) in [5.74, 6) is 0.211. The van der Waals surface area contributed by atoms with Crippen molar-refractivity contribution in [1.82, 2.24) is 19.5 Å². The van der Waals surface area contributed by atoms with Crippen LogP contribution in [0, 0.1) is 0 Å². The Hall–Kier alpha value is -1.81. The molecule has 0 saturated carbocycles. The standard InChI is InChI=1S/C10H15N5O4/c11-8-7-9(13-4-12-8)15(5-14-7)10(6(18)3-17)19-2-1-16/h4-6,10,16-18H,1-3H2,(H2,11,12,13)/t6?,10-/m0/s1. The number of hydrogen-bond acceptors (Lipinski definition) is 8. The lowest BCUT2D eigenvalue weighted by Gasteiger charge is -2.23. The maximum atomic E-state index is 9.76. The van der Waals surface area contributed by atoms with Crippen LogP contribution < -0.4 is 5.73 Å². The van der Waals surface area contributed by atoms with Crippen LogP contribution in [0.1, 0.15) is 6.23 Å². The van der Waals surface area contributed by atoms with Crippen molar-refractivity contribution in [2.75, 3.05) is 25.6 Å². The molecule has 0 fully saturated rings. The normalized spacial score (nSPS) is 14.7. The number of aliphatic hydroxyl groups is 3. The summed E-state index contributed by atoms with van der Waals surface area (Å²) in [6, 6.07) is 0. The Morgan fingerprint density at radius 3 is 2.79 bits per heavy atom. The maximum absolute atomic E-state index is 9.76. The summed E-state index contributed by atoms with van der Waals surface area (Å²) < 4.78 is 6.73. The Kier molecular flexibility index (Phi) is 4.22. The van der Waals surface area contributed by atoms with Gasteiger partial charge in [-0.05, 0) is 0 Å². The molecule has 0 spiro atoms. The number of anilines is 1. The van der Waals surface area contributed by atoms with Crippen LogP contribution in [0.15, 0.2) is 12.7 Å². The number of hydrogen-bond donors (Lipinski definition) is 4. The molecule has 104 valence electrons. The van der Waals surface area contributed by atoms with E-state index in [2.05, 4.69) is 15.0 Å². The van der Waals surface area contributed by atoms with Gasteiger partial charge in [-0.3, -0.25) is 4.57 Å². The minimum atomic E-state index is -1.18. The number of nitrogens with two attached hydrogens (primary N) is 1. The quantitative estimate of drug-likeness (QED) is 0.485. The number of aliphatic hydroxyl groups excluding tert-OH is 3. The highest BCUT2D eigenvalue weighted by atomic mass is 16.5. The first-order valence-electron chi connectivity index (χ1n) is 5.63. The lowest BCUT2D eigenvalue weighted by molar-refractivity contribution is -0.102. The van der Waals surface area contributed by atoms with Crippen molar-refractivity contribution in [3.8, 4) is 0 Å². The van der Waals surface area contributed by atoms with Gasteiger partial charge in [0.25, 0.3) is 0 Å². The third-order valence-corrected chi connectivity index (χ3v) is 2.56. The smallest absolute Gasteiger partial charge is 0.167 e. The molecule has 0 bridgehead atoms. The number of rotatable bonds is 6. The van der Waals surface area contributed by atoms with E-state index in [4.69, 9.17) is 20.7 Å². The summed E-state index contributed by atoms with van der Waals surface area (Å²) in [4.78, 5) is 11.9. The van der Waals surface area contributed by atoms with Crippen LogP contribution in [0.2, 0.25) is 0 Å². The van der Waals surface area contributed by atoms with Gasteiger partial charge in [0.15, 0.2) is 17.7 Å². The highest BCUT2D eigenvalue weighted by Gasteiger charge is 2.24. The SMILES string of the molecule is Nc1ncnc2c1ncn2[C@@H](OCCO)C(O)CO. The molecule has 1 unspecified atom stereocenters. The van der Waals surface area contributed by atoms with Gasteiger partial charge in [-0.1, -0.05) is 0 Å². The van der Waals surface area contributed by atoms with Crippen LogP contribution in [0.5, 0.6) is 0 Å². The van der Waals surface area contributed by atoms with Gasteiger partial charge in [0, 0.05) is 0 Å². The van der Waals surface area contributed by atoms with Gasteiger partial charge in [-0.15, -0.1) is 0 Å². The first-order chi connectivity index (χ1) is 9.19. The lowest BCUT2D eigenvalue weighted by Crippen LogP contribution is -2.30. The van der Waals surface area contributed by atoms with Crippen molar-refractivity contribution in [1.29, 1.82) is 0 Å². The summed E-state index contributed by atoms with van der Waals surface area (Å²) >= 11 is 0. The molecular weight excluding hydrogens is 254 g/mol.